The number of para-hydroxylation sites is 1. The van der Waals surface area contributed by atoms with Gasteiger partial charge in [-0.15, -0.1) is 0 Å². The molecule has 0 aliphatic rings. The fourth-order valence-corrected chi connectivity index (χ4v) is 2.31. The largest absolute Gasteiger partial charge is 0.456 e. The standard InChI is InChI=1S/C17H18N2O2/c1-11(2)18-10-17(20)19-12-7-8-16-14(9-12)13-5-3-4-6-15(13)21-16/h3-9,11,18H,10H2,1-2H3,(H,19,20). The Morgan fingerprint density at radius 1 is 1.10 bits per heavy atom. The fraction of sp³-hybridized carbons (Fsp3) is 0.235. The number of nitrogens with one attached hydrogen (secondary N) is 2. The molecule has 1 heterocycles. The molecule has 2 N–H and O–H groups in total. The molecule has 0 aliphatic heterocycles. The zero-order chi connectivity index (χ0) is 14.8. The number of carbonyl (C=O) groups is 1. The molecule has 0 saturated heterocycles. The van der Waals surface area contributed by atoms with E-state index in [0.717, 1.165) is 27.6 Å². The third-order valence-electron chi connectivity index (χ3n) is 3.33. The second kappa shape index (κ2) is 5.58. The maximum absolute atomic E-state index is 11.9. The molecule has 0 radical (unpaired) electrons. The first-order valence-corrected chi connectivity index (χ1v) is 7.08. The van der Waals surface area contributed by atoms with E-state index in [9.17, 15) is 4.79 Å². The van der Waals surface area contributed by atoms with Crippen LogP contribution in [0.2, 0.25) is 0 Å². The molecule has 0 spiro atoms. The molecule has 3 aromatic rings. The first-order valence-electron chi connectivity index (χ1n) is 7.08. The van der Waals surface area contributed by atoms with Crippen molar-refractivity contribution in [2.75, 3.05) is 11.9 Å². The van der Waals surface area contributed by atoms with Crippen LogP contribution in [-0.2, 0) is 4.79 Å². The summed E-state index contributed by atoms with van der Waals surface area (Å²) < 4.78 is 5.77. The van der Waals surface area contributed by atoms with Crippen molar-refractivity contribution in [3.63, 3.8) is 0 Å². The molecule has 21 heavy (non-hydrogen) atoms. The monoisotopic (exact) mass is 282 g/mol. The van der Waals surface area contributed by atoms with Gasteiger partial charge in [-0.1, -0.05) is 32.0 Å². The first kappa shape index (κ1) is 13.6. The summed E-state index contributed by atoms with van der Waals surface area (Å²) in [5, 5.41) is 8.07. The molecule has 3 rings (SSSR count). The first-order chi connectivity index (χ1) is 10.1. The number of benzene rings is 2. The molecule has 0 atom stereocenters. The molecule has 2 aromatic carbocycles. The maximum atomic E-state index is 11.9. The number of anilines is 1. The molecule has 1 amide bonds. The van der Waals surface area contributed by atoms with E-state index in [1.807, 2.05) is 56.3 Å². The second-order valence-electron chi connectivity index (χ2n) is 5.39. The number of rotatable bonds is 4. The minimum absolute atomic E-state index is 0.0455. The number of furan rings is 1. The van der Waals surface area contributed by atoms with Gasteiger partial charge in [-0.2, -0.15) is 0 Å². The van der Waals surface area contributed by atoms with E-state index in [0.29, 0.717) is 6.54 Å². The van der Waals surface area contributed by atoms with Gasteiger partial charge in [0.15, 0.2) is 0 Å². The Hall–Kier alpha value is -2.33. The predicted octanol–water partition coefficient (Wildman–Crippen LogP) is 3.52. The summed E-state index contributed by atoms with van der Waals surface area (Å²) >= 11 is 0. The zero-order valence-corrected chi connectivity index (χ0v) is 12.1. The van der Waals surface area contributed by atoms with Crippen LogP contribution in [0.3, 0.4) is 0 Å². The molecule has 0 aliphatic carbocycles. The summed E-state index contributed by atoms with van der Waals surface area (Å²) in [6, 6.07) is 13.9. The van der Waals surface area contributed by atoms with Crippen molar-refractivity contribution in [3.05, 3.63) is 42.5 Å². The number of carbonyl (C=O) groups excluding carboxylic acids is 1. The molecule has 108 valence electrons. The van der Waals surface area contributed by atoms with Crippen LogP contribution in [0.1, 0.15) is 13.8 Å². The Morgan fingerprint density at radius 2 is 1.86 bits per heavy atom. The Balaban J connectivity index is 1.86. The van der Waals surface area contributed by atoms with Gasteiger partial charge in [-0.05, 0) is 24.3 Å². The van der Waals surface area contributed by atoms with Gasteiger partial charge in [-0.3, -0.25) is 4.79 Å². The van der Waals surface area contributed by atoms with Crippen LogP contribution in [0.5, 0.6) is 0 Å². The van der Waals surface area contributed by atoms with E-state index >= 15 is 0 Å². The highest BCUT2D eigenvalue weighted by molar-refractivity contribution is 6.07. The molecule has 4 nitrogen and oxygen atoms in total. The summed E-state index contributed by atoms with van der Waals surface area (Å²) in [4.78, 5) is 11.9. The normalized spacial score (nSPS) is 11.4. The molecule has 0 fully saturated rings. The lowest BCUT2D eigenvalue weighted by molar-refractivity contribution is -0.115. The third kappa shape index (κ3) is 2.90. The predicted molar refractivity (Wildman–Crippen MR) is 85.5 cm³/mol. The molecule has 1 aromatic heterocycles. The molecular weight excluding hydrogens is 264 g/mol. The van der Waals surface area contributed by atoms with Gasteiger partial charge in [-0.25, -0.2) is 0 Å². The van der Waals surface area contributed by atoms with Crippen molar-refractivity contribution < 1.29 is 9.21 Å². The van der Waals surface area contributed by atoms with E-state index in [4.69, 9.17) is 4.42 Å². The number of fused-ring (bicyclic) bond motifs is 3. The minimum atomic E-state index is -0.0455. The Morgan fingerprint density at radius 3 is 2.67 bits per heavy atom. The molecule has 4 heteroatoms. The number of hydrogen-bond donors (Lipinski definition) is 2. The number of amides is 1. The van der Waals surface area contributed by atoms with Crippen molar-refractivity contribution in [1.29, 1.82) is 0 Å². The minimum Gasteiger partial charge on any atom is -0.456 e. The quantitative estimate of drug-likeness (QED) is 0.769. The number of hydrogen-bond acceptors (Lipinski definition) is 3. The second-order valence-corrected chi connectivity index (χ2v) is 5.39. The Bertz CT molecular complexity index is 790. The SMILES string of the molecule is CC(C)NCC(=O)Nc1ccc2oc3ccccc3c2c1. The summed E-state index contributed by atoms with van der Waals surface area (Å²) in [6.07, 6.45) is 0. The lowest BCUT2D eigenvalue weighted by atomic mass is 10.1. The van der Waals surface area contributed by atoms with E-state index in [1.54, 1.807) is 0 Å². The van der Waals surface area contributed by atoms with E-state index in [1.165, 1.54) is 0 Å². The van der Waals surface area contributed by atoms with Crippen molar-refractivity contribution in [3.8, 4) is 0 Å². The molecular formula is C17H18N2O2. The average molecular weight is 282 g/mol. The van der Waals surface area contributed by atoms with Gasteiger partial charge in [0.05, 0.1) is 6.54 Å². The molecule has 0 unspecified atom stereocenters. The van der Waals surface area contributed by atoms with Crippen LogP contribution in [0.15, 0.2) is 46.9 Å². The maximum Gasteiger partial charge on any atom is 0.238 e. The summed E-state index contributed by atoms with van der Waals surface area (Å²) in [5.74, 6) is -0.0455. The van der Waals surface area contributed by atoms with Gasteiger partial charge in [0.1, 0.15) is 11.2 Å². The van der Waals surface area contributed by atoms with Crippen molar-refractivity contribution >= 4 is 33.5 Å². The zero-order valence-electron chi connectivity index (χ0n) is 12.1. The van der Waals surface area contributed by atoms with Crippen LogP contribution in [0.25, 0.3) is 21.9 Å². The smallest absolute Gasteiger partial charge is 0.238 e. The topological polar surface area (TPSA) is 54.3 Å². The van der Waals surface area contributed by atoms with Crippen molar-refractivity contribution in [1.82, 2.24) is 5.32 Å². The van der Waals surface area contributed by atoms with Gasteiger partial charge in [0.25, 0.3) is 0 Å². The van der Waals surface area contributed by atoms with Gasteiger partial charge >= 0.3 is 0 Å². The lowest BCUT2D eigenvalue weighted by Crippen LogP contribution is -2.32. The van der Waals surface area contributed by atoms with E-state index < -0.39 is 0 Å². The average Bonchev–Trinajstić information content (AvgIpc) is 2.83. The lowest BCUT2D eigenvalue weighted by Gasteiger charge is -2.08. The Kier molecular flexibility index (Phi) is 3.62. The van der Waals surface area contributed by atoms with Crippen LogP contribution in [0.4, 0.5) is 5.69 Å². The van der Waals surface area contributed by atoms with Crippen molar-refractivity contribution in [2.45, 2.75) is 19.9 Å². The van der Waals surface area contributed by atoms with Gasteiger partial charge in [0, 0.05) is 22.5 Å². The van der Waals surface area contributed by atoms with Gasteiger partial charge < -0.3 is 15.1 Å². The van der Waals surface area contributed by atoms with Crippen LogP contribution < -0.4 is 10.6 Å². The van der Waals surface area contributed by atoms with Gasteiger partial charge in [0.2, 0.25) is 5.91 Å². The highest BCUT2D eigenvalue weighted by Gasteiger charge is 2.08. The van der Waals surface area contributed by atoms with Crippen LogP contribution >= 0.6 is 0 Å². The molecule has 0 saturated carbocycles. The summed E-state index contributed by atoms with van der Waals surface area (Å²) in [5.41, 5.74) is 2.47. The fourth-order valence-electron chi connectivity index (χ4n) is 2.31. The van der Waals surface area contributed by atoms with Crippen LogP contribution in [-0.4, -0.2) is 18.5 Å². The van der Waals surface area contributed by atoms with Crippen LogP contribution in [0, 0.1) is 0 Å². The van der Waals surface area contributed by atoms with E-state index in [2.05, 4.69) is 10.6 Å². The summed E-state index contributed by atoms with van der Waals surface area (Å²) in [7, 11) is 0. The Labute approximate surface area is 123 Å². The molecule has 0 bridgehead atoms. The summed E-state index contributed by atoms with van der Waals surface area (Å²) in [6.45, 7) is 4.33. The van der Waals surface area contributed by atoms with E-state index in [-0.39, 0.29) is 11.9 Å². The highest BCUT2D eigenvalue weighted by atomic mass is 16.3. The highest BCUT2D eigenvalue weighted by Crippen LogP contribution is 2.30. The third-order valence-corrected chi connectivity index (χ3v) is 3.33. The van der Waals surface area contributed by atoms with Crippen molar-refractivity contribution in [2.24, 2.45) is 0 Å².